The molecule has 0 aromatic carbocycles. The number of nitriles is 1. The molecule has 4 nitrogen and oxygen atoms in total. The predicted molar refractivity (Wildman–Crippen MR) is 63.0 cm³/mol. The van der Waals surface area contributed by atoms with Crippen LogP contribution in [0.5, 0.6) is 0 Å². The number of rotatable bonds is 3. The first-order chi connectivity index (χ1) is 8.38. The van der Waals surface area contributed by atoms with Crippen LogP contribution < -0.4 is 0 Å². The van der Waals surface area contributed by atoms with Crippen molar-refractivity contribution in [2.45, 2.75) is 25.3 Å². The minimum Gasteiger partial charge on any atom is -0.265 e. The van der Waals surface area contributed by atoms with Crippen molar-refractivity contribution in [1.82, 2.24) is 14.8 Å². The number of pyridine rings is 1. The van der Waals surface area contributed by atoms with Crippen LogP contribution in [0.4, 0.5) is 0 Å². The van der Waals surface area contributed by atoms with Crippen molar-refractivity contribution in [1.29, 1.82) is 5.26 Å². The van der Waals surface area contributed by atoms with E-state index in [1.807, 2.05) is 16.8 Å². The van der Waals surface area contributed by atoms with Crippen molar-refractivity contribution in [2.75, 3.05) is 0 Å². The Balaban J connectivity index is 2.01. The van der Waals surface area contributed by atoms with Gasteiger partial charge in [0.2, 0.25) is 0 Å². The molecule has 0 spiro atoms. The monoisotopic (exact) mass is 224 g/mol. The molecule has 0 saturated heterocycles. The molecule has 17 heavy (non-hydrogen) atoms. The molecule has 4 heteroatoms. The summed E-state index contributed by atoms with van der Waals surface area (Å²) >= 11 is 0. The van der Waals surface area contributed by atoms with Crippen LogP contribution >= 0.6 is 0 Å². The fourth-order valence-electron chi connectivity index (χ4n) is 2.00. The smallest absolute Gasteiger partial charge is 0.128 e. The summed E-state index contributed by atoms with van der Waals surface area (Å²) in [7, 11) is 0. The maximum absolute atomic E-state index is 8.81. The Bertz CT molecular complexity index is 561. The maximum atomic E-state index is 8.81. The molecule has 3 rings (SSSR count). The zero-order valence-electron chi connectivity index (χ0n) is 9.37. The van der Waals surface area contributed by atoms with E-state index in [0.717, 1.165) is 11.3 Å². The lowest BCUT2D eigenvalue weighted by Crippen LogP contribution is -2.02. The first kappa shape index (κ1) is 10.0. The van der Waals surface area contributed by atoms with Crippen LogP contribution in [0, 0.1) is 11.3 Å². The van der Waals surface area contributed by atoms with Crippen LogP contribution in [0.25, 0.3) is 11.3 Å². The van der Waals surface area contributed by atoms with Gasteiger partial charge in [-0.1, -0.05) is 0 Å². The molecule has 1 fully saturated rings. The van der Waals surface area contributed by atoms with Gasteiger partial charge in [-0.2, -0.15) is 10.4 Å². The van der Waals surface area contributed by atoms with Crippen LogP contribution in [0.3, 0.4) is 0 Å². The number of nitrogens with zero attached hydrogens (tertiary/aromatic N) is 4. The van der Waals surface area contributed by atoms with Crippen molar-refractivity contribution >= 4 is 0 Å². The van der Waals surface area contributed by atoms with Crippen LogP contribution in [0.1, 0.15) is 24.5 Å². The Morgan fingerprint density at radius 3 is 2.76 bits per heavy atom. The zero-order chi connectivity index (χ0) is 11.7. The van der Waals surface area contributed by atoms with Crippen molar-refractivity contribution < 1.29 is 0 Å². The first-order valence-electron chi connectivity index (χ1n) is 5.73. The van der Waals surface area contributed by atoms with E-state index in [9.17, 15) is 0 Å². The van der Waals surface area contributed by atoms with Gasteiger partial charge < -0.3 is 0 Å². The molecule has 1 aliphatic carbocycles. The van der Waals surface area contributed by atoms with Gasteiger partial charge in [0.05, 0.1) is 11.8 Å². The molecule has 0 atom stereocenters. The van der Waals surface area contributed by atoms with E-state index < -0.39 is 0 Å². The van der Waals surface area contributed by atoms with E-state index in [0.29, 0.717) is 12.5 Å². The molecule has 84 valence electrons. The third-order valence-electron chi connectivity index (χ3n) is 3.00. The topological polar surface area (TPSA) is 54.5 Å². The van der Waals surface area contributed by atoms with E-state index in [4.69, 9.17) is 5.26 Å². The summed E-state index contributed by atoms with van der Waals surface area (Å²) in [6.45, 7) is 0.330. The average molecular weight is 224 g/mol. The lowest BCUT2D eigenvalue weighted by atomic mass is 10.2. The Morgan fingerprint density at radius 1 is 1.35 bits per heavy atom. The van der Waals surface area contributed by atoms with Crippen molar-refractivity contribution in [2.24, 2.45) is 0 Å². The van der Waals surface area contributed by atoms with Crippen molar-refractivity contribution in [3.05, 3.63) is 36.3 Å². The summed E-state index contributed by atoms with van der Waals surface area (Å²) in [5, 5.41) is 13.3. The summed E-state index contributed by atoms with van der Waals surface area (Å²) in [4.78, 5) is 4.00. The molecule has 0 N–H and O–H groups in total. The van der Waals surface area contributed by atoms with Crippen LogP contribution in [-0.2, 0) is 6.54 Å². The first-order valence-corrected chi connectivity index (χ1v) is 5.73. The minimum atomic E-state index is 0.330. The molecule has 0 unspecified atom stereocenters. The van der Waals surface area contributed by atoms with Gasteiger partial charge in [0, 0.05) is 29.6 Å². The highest BCUT2D eigenvalue weighted by Crippen LogP contribution is 2.41. The second-order valence-electron chi connectivity index (χ2n) is 4.28. The molecule has 2 heterocycles. The molecule has 0 aliphatic heterocycles. The van der Waals surface area contributed by atoms with E-state index >= 15 is 0 Å². The third-order valence-corrected chi connectivity index (χ3v) is 3.00. The summed E-state index contributed by atoms with van der Waals surface area (Å²) in [5.74, 6) is 0.603. The molecule has 2 aromatic heterocycles. The van der Waals surface area contributed by atoms with Gasteiger partial charge in [0.1, 0.15) is 6.54 Å². The van der Waals surface area contributed by atoms with Gasteiger partial charge in [0.25, 0.3) is 0 Å². The van der Waals surface area contributed by atoms with Gasteiger partial charge in [-0.25, -0.2) is 0 Å². The van der Waals surface area contributed by atoms with Crippen molar-refractivity contribution in [3.8, 4) is 17.3 Å². The van der Waals surface area contributed by atoms with E-state index in [1.54, 1.807) is 12.4 Å². The molecule has 0 bridgehead atoms. The fraction of sp³-hybridized carbons (Fsp3) is 0.308. The highest BCUT2D eigenvalue weighted by molar-refractivity contribution is 5.58. The van der Waals surface area contributed by atoms with Gasteiger partial charge in [-0.3, -0.25) is 9.67 Å². The Hall–Kier alpha value is -2.15. The summed E-state index contributed by atoms with van der Waals surface area (Å²) < 4.78 is 1.83. The molecule has 0 radical (unpaired) electrons. The van der Waals surface area contributed by atoms with Gasteiger partial charge >= 0.3 is 0 Å². The molecule has 1 aliphatic rings. The average Bonchev–Trinajstić information content (AvgIpc) is 3.13. The standard InChI is InChI=1S/C13H12N4/c14-5-8-17-13(11-1-2-11)9-12(16-17)10-3-6-15-7-4-10/h3-4,6-7,9,11H,1-2,8H2. The lowest BCUT2D eigenvalue weighted by Gasteiger charge is -1.99. The largest absolute Gasteiger partial charge is 0.265 e. The molecular formula is C13H12N4. The van der Waals surface area contributed by atoms with E-state index in [1.165, 1.54) is 18.5 Å². The van der Waals surface area contributed by atoms with Gasteiger partial charge in [0.15, 0.2) is 0 Å². The molecule has 1 saturated carbocycles. The van der Waals surface area contributed by atoms with Gasteiger partial charge in [-0.05, 0) is 31.0 Å². The lowest BCUT2D eigenvalue weighted by molar-refractivity contribution is 0.667. The summed E-state index contributed by atoms with van der Waals surface area (Å²) in [6.07, 6.45) is 5.95. The highest BCUT2D eigenvalue weighted by atomic mass is 15.3. The Morgan fingerprint density at radius 2 is 2.12 bits per heavy atom. The maximum Gasteiger partial charge on any atom is 0.128 e. The molecule has 0 amide bonds. The van der Waals surface area contributed by atoms with Crippen LogP contribution in [-0.4, -0.2) is 14.8 Å². The molecular weight excluding hydrogens is 212 g/mol. The highest BCUT2D eigenvalue weighted by Gasteiger charge is 2.28. The second-order valence-corrected chi connectivity index (χ2v) is 4.28. The quantitative estimate of drug-likeness (QED) is 0.804. The number of aromatic nitrogens is 3. The van der Waals surface area contributed by atoms with Crippen molar-refractivity contribution in [3.63, 3.8) is 0 Å². The minimum absolute atomic E-state index is 0.330. The number of hydrogen-bond acceptors (Lipinski definition) is 3. The fourth-order valence-corrected chi connectivity index (χ4v) is 2.00. The number of hydrogen-bond donors (Lipinski definition) is 0. The SMILES string of the molecule is N#CCn1nc(-c2ccncc2)cc1C1CC1. The van der Waals surface area contributed by atoms with E-state index in [-0.39, 0.29) is 0 Å². The van der Waals surface area contributed by atoms with E-state index in [2.05, 4.69) is 22.2 Å². The van der Waals surface area contributed by atoms with Crippen LogP contribution in [0.2, 0.25) is 0 Å². The summed E-state index contributed by atoms with van der Waals surface area (Å²) in [5.41, 5.74) is 3.18. The Labute approximate surface area is 99.5 Å². The van der Waals surface area contributed by atoms with Gasteiger partial charge in [-0.15, -0.1) is 0 Å². The predicted octanol–water partition coefficient (Wildman–Crippen LogP) is 2.35. The normalized spacial score (nSPS) is 14.5. The molecule has 2 aromatic rings. The Kier molecular flexibility index (Phi) is 2.37. The zero-order valence-corrected chi connectivity index (χ0v) is 9.37. The second kappa shape index (κ2) is 4.02. The third kappa shape index (κ3) is 1.92. The summed E-state index contributed by atoms with van der Waals surface area (Å²) in [6, 6.07) is 8.14. The van der Waals surface area contributed by atoms with Crippen LogP contribution in [0.15, 0.2) is 30.6 Å².